The van der Waals surface area contributed by atoms with E-state index >= 15 is 0 Å². The summed E-state index contributed by atoms with van der Waals surface area (Å²) in [6.07, 6.45) is 0.383. The first-order chi connectivity index (χ1) is 11.0. The molecule has 1 fully saturated rings. The summed E-state index contributed by atoms with van der Waals surface area (Å²) in [7, 11) is -3.07. The van der Waals surface area contributed by atoms with E-state index in [-0.39, 0.29) is 17.4 Å². The van der Waals surface area contributed by atoms with E-state index in [2.05, 4.69) is 5.32 Å². The Balaban J connectivity index is 1.67. The van der Waals surface area contributed by atoms with Gasteiger partial charge in [-0.1, -0.05) is 24.3 Å². The van der Waals surface area contributed by atoms with Crippen molar-refractivity contribution in [1.82, 2.24) is 0 Å². The molecule has 0 aliphatic carbocycles. The minimum Gasteiger partial charge on any atom is -0.457 e. The number of para-hydroxylation sites is 1. The number of anilines is 1. The molecule has 0 bridgehead atoms. The lowest BCUT2D eigenvalue weighted by atomic mass is 10.1. The van der Waals surface area contributed by atoms with Gasteiger partial charge in [0.25, 0.3) is 0 Å². The third-order valence-corrected chi connectivity index (χ3v) is 5.45. The van der Waals surface area contributed by atoms with Crippen molar-refractivity contribution in [2.45, 2.75) is 6.42 Å². The van der Waals surface area contributed by atoms with Gasteiger partial charge in [-0.2, -0.15) is 0 Å². The molecule has 2 aromatic carbocycles. The van der Waals surface area contributed by atoms with Gasteiger partial charge >= 0.3 is 0 Å². The average Bonchev–Trinajstić information content (AvgIpc) is 2.89. The van der Waals surface area contributed by atoms with E-state index in [1.165, 1.54) is 0 Å². The van der Waals surface area contributed by atoms with E-state index in [9.17, 15) is 13.2 Å². The zero-order valence-electron chi connectivity index (χ0n) is 12.4. The molecule has 2 aromatic rings. The van der Waals surface area contributed by atoms with Crippen LogP contribution in [0.5, 0.6) is 11.5 Å². The van der Waals surface area contributed by atoms with Crippen molar-refractivity contribution >= 4 is 21.4 Å². The van der Waals surface area contributed by atoms with Crippen LogP contribution < -0.4 is 10.1 Å². The molecule has 1 atom stereocenters. The first-order valence-electron chi connectivity index (χ1n) is 7.36. The van der Waals surface area contributed by atoms with E-state index in [0.717, 1.165) is 0 Å². The maximum Gasteiger partial charge on any atom is 0.228 e. The lowest BCUT2D eigenvalue weighted by molar-refractivity contribution is -0.119. The van der Waals surface area contributed by atoms with Crippen molar-refractivity contribution in [3.63, 3.8) is 0 Å². The van der Waals surface area contributed by atoms with Crippen LogP contribution in [0.1, 0.15) is 6.42 Å². The van der Waals surface area contributed by atoms with Gasteiger partial charge in [-0.15, -0.1) is 0 Å². The smallest absolute Gasteiger partial charge is 0.228 e. The Labute approximate surface area is 135 Å². The summed E-state index contributed by atoms with van der Waals surface area (Å²) >= 11 is 0. The zero-order chi connectivity index (χ0) is 16.3. The Morgan fingerprint density at radius 2 is 1.78 bits per heavy atom. The van der Waals surface area contributed by atoms with Gasteiger partial charge in [0.1, 0.15) is 11.5 Å². The molecule has 3 rings (SSSR count). The van der Waals surface area contributed by atoms with E-state index in [1.54, 1.807) is 24.3 Å². The van der Waals surface area contributed by atoms with E-state index < -0.39 is 15.8 Å². The lowest BCUT2D eigenvalue weighted by Crippen LogP contribution is -2.23. The molecular weight excluding hydrogens is 314 g/mol. The summed E-state index contributed by atoms with van der Waals surface area (Å²) in [5.41, 5.74) is 0.590. The molecule has 0 aromatic heterocycles. The fourth-order valence-corrected chi connectivity index (χ4v) is 4.25. The molecule has 1 aliphatic heterocycles. The summed E-state index contributed by atoms with van der Waals surface area (Å²) in [4.78, 5) is 12.2. The molecule has 0 radical (unpaired) electrons. The second kappa shape index (κ2) is 6.42. The zero-order valence-corrected chi connectivity index (χ0v) is 13.3. The molecule has 1 saturated heterocycles. The van der Waals surface area contributed by atoms with E-state index in [1.807, 2.05) is 30.3 Å². The second-order valence-electron chi connectivity index (χ2n) is 5.53. The predicted octanol–water partition coefficient (Wildman–Crippen LogP) is 2.85. The van der Waals surface area contributed by atoms with Gasteiger partial charge < -0.3 is 10.1 Å². The average molecular weight is 331 g/mol. The first kappa shape index (κ1) is 15.6. The Kier molecular flexibility index (Phi) is 4.34. The molecule has 1 N–H and O–H groups in total. The molecular formula is C17H17NO4S. The van der Waals surface area contributed by atoms with Gasteiger partial charge in [0.15, 0.2) is 9.84 Å². The van der Waals surface area contributed by atoms with Gasteiger partial charge in [0, 0.05) is 11.8 Å². The quantitative estimate of drug-likeness (QED) is 0.935. The molecule has 0 unspecified atom stereocenters. The number of benzene rings is 2. The normalized spacial score (nSPS) is 19.2. The highest BCUT2D eigenvalue weighted by Crippen LogP contribution is 2.25. The summed E-state index contributed by atoms with van der Waals surface area (Å²) in [6.45, 7) is 0. The summed E-state index contributed by atoms with van der Waals surface area (Å²) in [5, 5.41) is 2.76. The molecule has 120 valence electrons. The molecule has 1 aliphatic rings. The highest BCUT2D eigenvalue weighted by Gasteiger charge is 2.32. The van der Waals surface area contributed by atoms with Crippen LogP contribution in [0.3, 0.4) is 0 Å². The molecule has 23 heavy (non-hydrogen) atoms. The number of hydrogen-bond donors (Lipinski definition) is 1. The van der Waals surface area contributed by atoms with Crippen molar-refractivity contribution in [2.24, 2.45) is 5.92 Å². The Morgan fingerprint density at radius 3 is 2.48 bits per heavy atom. The minimum atomic E-state index is -3.07. The van der Waals surface area contributed by atoms with Crippen LogP contribution >= 0.6 is 0 Å². The van der Waals surface area contributed by atoms with Crippen LogP contribution in [-0.4, -0.2) is 25.8 Å². The van der Waals surface area contributed by atoms with Crippen LogP contribution in [-0.2, 0) is 14.6 Å². The summed E-state index contributed by atoms with van der Waals surface area (Å²) in [5.74, 6) is 0.592. The highest BCUT2D eigenvalue weighted by molar-refractivity contribution is 7.91. The molecule has 1 heterocycles. The largest absolute Gasteiger partial charge is 0.457 e. The highest BCUT2D eigenvalue weighted by atomic mass is 32.2. The number of ether oxygens (including phenoxy) is 1. The van der Waals surface area contributed by atoms with Gasteiger partial charge in [-0.25, -0.2) is 8.42 Å². The van der Waals surface area contributed by atoms with Crippen LogP contribution in [0.15, 0.2) is 54.6 Å². The first-order valence-corrected chi connectivity index (χ1v) is 9.18. The number of carbonyl (C=O) groups excluding carboxylic acids is 1. The van der Waals surface area contributed by atoms with Crippen LogP contribution in [0.25, 0.3) is 0 Å². The van der Waals surface area contributed by atoms with Gasteiger partial charge in [0.2, 0.25) is 5.91 Å². The molecule has 1 amide bonds. The van der Waals surface area contributed by atoms with E-state index in [0.29, 0.717) is 23.6 Å². The molecule has 6 heteroatoms. The second-order valence-corrected chi connectivity index (χ2v) is 7.76. The van der Waals surface area contributed by atoms with Crippen LogP contribution in [0.4, 0.5) is 5.69 Å². The topological polar surface area (TPSA) is 72.5 Å². The standard InChI is InChI=1S/C17H17NO4S/c19-17(13-9-10-23(20,21)12-13)18-14-5-4-8-16(11-14)22-15-6-2-1-3-7-15/h1-8,11,13H,9-10,12H2,(H,18,19)/t13-/m1/s1. The van der Waals surface area contributed by atoms with Crippen molar-refractivity contribution < 1.29 is 17.9 Å². The third kappa shape index (κ3) is 4.10. The maximum atomic E-state index is 12.2. The Bertz CT molecular complexity index is 802. The van der Waals surface area contributed by atoms with Gasteiger partial charge in [-0.05, 0) is 30.7 Å². The number of hydrogen-bond acceptors (Lipinski definition) is 4. The number of amides is 1. The number of carbonyl (C=O) groups is 1. The fourth-order valence-electron chi connectivity index (χ4n) is 2.51. The third-order valence-electron chi connectivity index (χ3n) is 3.68. The Hall–Kier alpha value is -2.34. The van der Waals surface area contributed by atoms with Crippen molar-refractivity contribution in [3.05, 3.63) is 54.6 Å². The van der Waals surface area contributed by atoms with Crippen LogP contribution in [0.2, 0.25) is 0 Å². The van der Waals surface area contributed by atoms with Crippen molar-refractivity contribution in [3.8, 4) is 11.5 Å². The van der Waals surface area contributed by atoms with Gasteiger partial charge in [-0.3, -0.25) is 4.79 Å². The Morgan fingerprint density at radius 1 is 1.04 bits per heavy atom. The van der Waals surface area contributed by atoms with E-state index in [4.69, 9.17) is 4.74 Å². The fraction of sp³-hybridized carbons (Fsp3) is 0.235. The number of nitrogens with one attached hydrogen (secondary N) is 1. The monoisotopic (exact) mass is 331 g/mol. The minimum absolute atomic E-state index is 0.0704. The summed E-state index contributed by atoms with van der Waals surface area (Å²) < 4.78 is 28.6. The molecule has 0 saturated carbocycles. The van der Waals surface area contributed by atoms with Crippen molar-refractivity contribution in [2.75, 3.05) is 16.8 Å². The lowest BCUT2D eigenvalue weighted by Gasteiger charge is -2.11. The molecule has 5 nitrogen and oxygen atoms in total. The SMILES string of the molecule is O=C(Nc1cccc(Oc2ccccc2)c1)[C@@H]1CCS(=O)(=O)C1. The maximum absolute atomic E-state index is 12.2. The van der Waals surface area contributed by atoms with Crippen molar-refractivity contribution in [1.29, 1.82) is 0 Å². The summed E-state index contributed by atoms with van der Waals surface area (Å²) in [6, 6.07) is 16.4. The number of rotatable bonds is 4. The molecule has 0 spiro atoms. The predicted molar refractivity (Wildman–Crippen MR) is 88.3 cm³/mol. The van der Waals surface area contributed by atoms with Gasteiger partial charge in [0.05, 0.1) is 17.4 Å². The number of sulfone groups is 1. The van der Waals surface area contributed by atoms with Crippen LogP contribution in [0, 0.1) is 5.92 Å².